The molecule has 0 fully saturated rings. The molecule has 0 aromatic heterocycles. The molecule has 1 rings (SSSR count). The van der Waals surface area contributed by atoms with Crippen LogP contribution in [0.1, 0.15) is 6.42 Å². The van der Waals surface area contributed by atoms with Gasteiger partial charge in [-0.2, -0.15) is 5.26 Å². The molecule has 0 saturated carbocycles. The molecular formula is C12H12F2N2O2S. The Morgan fingerprint density at radius 3 is 2.68 bits per heavy atom. The fourth-order valence-electron chi connectivity index (χ4n) is 1.27. The second kappa shape index (κ2) is 6.95. The Morgan fingerprint density at radius 2 is 2.11 bits per heavy atom. The normalized spacial score (nSPS) is 11.7. The van der Waals surface area contributed by atoms with Gasteiger partial charge in [-0.3, -0.25) is 9.00 Å². The first-order valence-electron chi connectivity index (χ1n) is 5.40. The van der Waals surface area contributed by atoms with Crippen LogP contribution in [0.2, 0.25) is 0 Å². The van der Waals surface area contributed by atoms with Crippen LogP contribution in [0, 0.1) is 23.0 Å². The number of rotatable bonds is 5. The van der Waals surface area contributed by atoms with Crippen LogP contribution in [0.4, 0.5) is 8.78 Å². The minimum Gasteiger partial charge on any atom is -0.344 e. The van der Waals surface area contributed by atoms with Gasteiger partial charge in [-0.15, -0.1) is 0 Å². The quantitative estimate of drug-likeness (QED) is 0.823. The van der Waals surface area contributed by atoms with Crippen LogP contribution in [0.15, 0.2) is 23.1 Å². The van der Waals surface area contributed by atoms with Crippen molar-refractivity contribution in [2.75, 3.05) is 19.3 Å². The first kappa shape index (κ1) is 15.2. The van der Waals surface area contributed by atoms with Crippen molar-refractivity contribution in [1.29, 1.82) is 5.26 Å². The maximum atomic E-state index is 13.0. The lowest BCUT2D eigenvalue weighted by molar-refractivity contribution is -0.127. The largest absolute Gasteiger partial charge is 0.344 e. The van der Waals surface area contributed by atoms with Crippen LogP contribution in [-0.4, -0.2) is 34.4 Å². The van der Waals surface area contributed by atoms with Crippen LogP contribution in [0.3, 0.4) is 0 Å². The van der Waals surface area contributed by atoms with Gasteiger partial charge in [0.2, 0.25) is 5.91 Å². The van der Waals surface area contributed by atoms with E-state index in [1.165, 1.54) is 18.0 Å². The Hall–Kier alpha value is -1.81. The van der Waals surface area contributed by atoms with E-state index >= 15 is 0 Å². The molecule has 0 aliphatic carbocycles. The van der Waals surface area contributed by atoms with Gasteiger partial charge >= 0.3 is 0 Å². The molecule has 0 saturated heterocycles. The molecule has 1 aromatic rings. The van der Waals surface area contributed by atoms with E-state index < -0.39 is 28.3 Å². The van der Waals surface area contributed by atoms with Crippen LogP contribution < -0.4 is 0 Å². The second-order valence-corrected chi connectivity index (χ2v) is 5.24. The van der Waals surface area contributed by atoms with Crippen molar-refractivity contribution >= 4 is 16.7 Å². The Kier molecular flexibility index (Phi) is 5.57. The standard InChI is InChI=1S/C12H12F2N2O2S/c1-16(6-2-5-15)12(17)8-19(18)9-3-4-10(13)11(14)7-9/h3-4,7H,2,6,8H2,1H3. The summed E-state index contributed by atoms with van der Waals surface area (Å²) in [6.45, 7) is 0.240. The highest BCUT2D eigenvalue weighted by molar-refractivity contribution is 7.85. The predicted octanol–water partition coefficient (Wildman–Crippen LogP) is 1.44. The van der Waals surface area contributed by atoms with E-state index in [0.717, 1.165) is 12.1 Å². The number of carbonyl (C=O) groups is 1. The topological polar surface area (TPSA) is 61.2 Å². The van der Waals surface area contributed by atoms with Crippen molar-refractivity contribution < 1.29 is 17.8 Å². The molecule has 7 heteroatoms. The molecule has 0 aliphatic rings. The fourth-order valence-corrected chi connectivity index (χ4v) is 2.33. The van der Waals surface area contributed by atoms with Gasteiger partial charge in [0.15, 0.2) is 11.6 Å². The van der Waals surface area contributed by atoms with E-state index in [9.17, 15) is 17.8 Å². The lowest BCUT2D eigenvalue weighted by atomic mass is 10.3. The van der Waals surface area contributed by atoms with Gasteiger partial charge in [0.25, 0.3) is 0 Å². The Morgan fingerprint density at radius 1 is 1.42 bits per heavy atom. The third kappa shape index (κ3) is 4.41. The minimum absolute atomic E-state index is 0.0564. The molecule has 0 spiro atoms. The van der Waals surface area contributed by atoms with Gasteiger partial charge in [-0.25, -0.2) is 8.78 Å². The zero-order chi connectivity index (χ0) is 14.4. The summed E-state index contributed by atoms with van der Waals surface area (Å²) in [5, 5.41) is 8.39. The Balaban J connectivity index is 2.66. The third-order valence-corrected chi connectivity index (χ3v) is 3.68. The number of carbonyl (C=O) groups excluding carboxylic acids is 1. The molecule has 0 aliphatic heterocycles. The van der Waals surface area contributed by atoms with Crippen molar-refractivity contribution in [2.45, 2.75) is 11.3 Å². The molecule has 0 heterocycles. The molecule has 19 heavy (non-hydrogen) atoms. The number of benzene rings is 1. The van der Waals surface area contributed by atoms with Crippen molar-refractivity contribution in [3.8, 4) is 6.07 Å². The zero-order valence-corrected chi connectivity index (χ0v) is 11.0. The second-order valence-electron chi connectivity index (χ2n) is 3.79. The van der Waals surface area contributed by atoms with Gasteiger partial charge in [-0.05, 0) is 18.2 Å². The number of hydrogen-bond acceptors (Lipinski definition) is 3. The summed E-state index contributed by atoms with van der Waals surface area (Å²) in [4.78, 5) is 13.0. The van der Waals surface area contributed by atoms with E-state index in [0.29, 0.717) is 0 Å². The predicted molar refractivity (Wildman–Crippen MR) is 65.5 cm³/mol. The van der Waals surface area contributed by atoms with Crippen LogP contribution in [0.5, 0.6) is 0 Å². The number of amides is 1. The highest BCUT2D eigenvalue weighted by atomic mass is 32.2. The number of nitriles is 1. The lowest BCUT2D eigenvalue weighted by Crippen LogP contribution is -2.31. The van der Waals surface area contributed by atoms with E-state index in [-0.39, 0.29) is 23.6 Å². The van der Waals surface area contributed by atoms with Gasteiger partial charge < -0.3 is 4.90 Å². The van der Waals surface area contributed by atoms with Gasteiger partial charge in [0.05, 0.1) is 23.3 Å². The fraction of sp³-hybridized carbons (Fsp3) is 0.333. The summed E-state index contributed by atoms with van der Waals surface area (Å²) in [5.74, 6) is -2.87. The Bertz CT molecular complexity index is 543. The molecule has 1 unspecified atom stereocenters. The highest BCUT2D eigenvalue weighted by Crippen LogP contribution is 2.12. The molecular weight excluding hydrogens is 274 g/mol. The van der Waals surface area contributed by atoms with E-state index in [1.54, 1.807) is 0 Å². The van der Waals surface area contributed by atoms with Crippen molar-refractivity contribution in [1.82, 2.24) is 4.90 Å². The lowest BCUT2D eigenvalue weighted by Gasteiger charge is -2.14. The van der Waals surface area contributed by atoms with Crippen LogP contribution in [0.25, 0.3) is 0 Å². The summed E-state index contributed by atoms with van der Waals surface area (Å²) in [6, 6.07) is 4.75. The molecule has 0 bridgehead atoms. The zero-order valence-electron chi connectivity index (χ0n) is 10.2. The first-order chi connectivity index (χ1) is 8.95. The maximum absolute atomic E-state index is 13.0. The number of halogens is 2. The van der Waals surface area contributed by atoms with Crippen LogP contribution >= 0.6 is 0 Å². The molecule has 0 radical (unpaired) electrons. The highest BCUT2D eigenvalue weighted by Gasteiger charge is 2.15. The van der Waals surface area contributed by atoms with Crippen molar-refractivity contribution in [3.05, 3.63) is 29.8 Å². The van der Waals surface area contributed by atoms with Crippen molar-refractivity contribution in [2.24, 2.45) is 0 Å². The van der Waals surface area contributed by atoms with Crippen LogP contribution in [-0.2, 0) is 15.6 Å². The molecule has 1 atom stereocenters. The maximum Gasteiger partial charge on any atom is 0.235 e. The smallest absolute Gasteiger partial charge is 0.235 e. The van der Waals surface area contributed by atoms with Gasteiger partial charge in [0.1, 0.15) is 5.75 Å². The first-order valence-corrected chi connectivity index (χ1v) is 6.72. The summed E-state index contributed by atoms with van der Waals surface area (Å²) in [6.07, 6.45) is 0.181. The average molecular weight is 286 g/mol. The molecule has 0 N–H and O–H groups in total. The molecule has 102 valence electrons. The number of nitrogens with zero attached hydrogens (tertiary/aromatic N) is 2. The van der Waals surface area contributed by atoms with E-state index in [1.807, 2.05) is 6.07 Å². The van der Waals surface area contributed by atoms with E-state index in [2.05, 4.69) is 0 Å². The van der Waals surface area contributed by atoms with E-state index in [4.69, 9.17) is 5.26 Å². The van der Waals surface area contributed by atoms with Crippen molar-refractivity contribution in [3.63, 3.8) is 0 Å². The summed E-state index contributed by atoms with van der Waals surface area (Å²) < 4.78 is 37.5. The average Bonchev–Trinajstić information content (AvgIpc) is 2.38. The Labute approximate surface area is 112 Å². The molecule has 1 amide bonds. The molecule has 4 nitrogen and oxygen atoms in total. The molecule has 1 aromatic carbocycles. The SMILES string of the molecule is CN(CCC#N)C(=O)CS(=O)c1ccc(F)c(F)c1. The number of hydrogen-bond donors (Lipinski definition) is 0. The monoisotopic (exact) mass is 286 g/mol. The summed E-state index contributed by atoms with van der Waals surface area (Å²) >= 11 is 0. The van der Waals surface area contributed by atoms with Gasteiger partial charge in [-0.1, -0.05) is 0 Å². The van der Waals surface area contributed by atoms with Gasteiger partial charge in [0, 0.05) is 18.5 Å². The summed E-state index contributed by atoms with van der Waals surface area (Å²) in [5.41, 5.74) is 0. The summed E-state index contributed by atoms with van der Waals surface area (Å²) in [7, 11) is -0.251. The third-order valence-electron chi connectivity index (χ3n) is 2.39. The minimum atomic E-state index is -1.74.